The number of rotatable bonds is 3. The van der Waals surface area contributed by atoms with Crippen LogP contribution in [-0.2, 0) is 11.0 Å². The number of amides is 1. The number of halogens is 3. The fourth-order valence-corrected chi connectivity index (χ4v) is 3.58. The molecule has 1 heterocycles. The van der Waals surface area contributed by atoms with Gasteiger partial charge in [-0.05, 0) is 62.4 Å². The zero-order valence-corrected chi connectivity index (χ0v) is 13.0. The summed E-state index contributed by atoms with van der Waals surface area (Å²) in [6.45, 7) is 3.60. The van der Waals surface area contributed by atoms with Gasteiger partial charge in [0.1, 0.15) is 0 Å². The number of hydrogen-bond donors (Lipinski definition) is 2. The Kier molecular flexibility index (Phi) is 4.12. The highest BCUT2D eigenvalue weighted by molar-refractivity contribution is 5.83. The predicted molar refractivity (Wildman–Crippen MR) is 80.6 cm³/mol. The molecule has 1 aliphatic carbocycles. The number of benzene rings is 1. The van der Waals surface area contributed by atoms with Crippen LogP contribution in [0.5, 0.6) is 0 Å². The molecule has 1 spiro atoms. The van der Waals surface area contributed by atoms with Crippen LogP contribution in [0, 0.1) is 11.3 Å². The van der Waals surface area contributed by atoms with E-state index in [2.05, 4.69) is 10.6 Å². The number of hydrogen-bond acceptors (Lipinski definition) is 2. The third-order valence-corrected chi connectivity index (χ3v) is 5.18. The Bertz CT molecular complexity index is 594. The summed E-state index contributed by atoms with van der Waals surface area (Å²) in [6, 6.07) is 4.73. The van der Waals surface area contributed by atoms with E-state index in [0.29, 0.717) is 5.56 Å². The first-order valence-corrected chi connectivity index (χ1v) is 8.00. The number of nitrogens with one attached hydrogen (secondary N) is 2. The monoisotopic (exact) mass is 326 g/mol. The minimum absolute atomic E-state index is 0.0119. The van der Waals surface area contributed by atoms with Crippen molar-refractivity contribution in [2.45, 2.75) is 38.4 Å². The second kappa shape index (κ2) is 5.82. The fourth-order valence-electron chi connectivity index (χ4n) is 3.58. The van der Waals surface area contributed by atoms with Crippen molar-refractivity contribution < 1.29 is 18.0 Å². The molecule has 3 nitrogen and oxygen atoms in total. The van der Waals surface area contributed by atoms with E-state index in [0.717, 1.165) is 44.5 Å². The summed E-state index contributed by atoms with van der Waals surface area (Å²) < 4.78 is 38.3. The highest BCUT2D eigenvalue weighted by atomic mass is 19.4. The van der Waals surface area contributed by atoms with E-state index in [-0.39, 0.29) is 17.2 Å². The number of alkyl halides is 3. The summed E-state index contributed by atoms with van der Waals surface area (Å²) in [5, 5.41) is 6.17. The van der Waals surface area contributed by atoms with Gasteiger partial charge >= 0.3 is 6.18 Å². The Hall–Kier alpha value is -1.56. The molecule has 1 amide bonds. The van der Waals surface area contributed by atoms with Crippen LogP contribution in [0.3, 0.4) is 0 Å². The van der Waals surface area contributed by atoms with Crippen LogP contribution in [0.25, 0.3) is 0 Å². The second-order valence-corrected chi connectivity index (χ2v) is 6.72. The lowest BCUT2D eigenvalue weighted by Gasteiger charge is -2.24. The van der Waals surface area contributed by atoms with Crippen molar-refractivity contribution in [2.75, 3.05) is 13.1 Å². The minimum Gasteiger partial charge on any atom is -0.349 e. The molecule has 2 aliphatic rings. The van der Waals surface area contributed by atoms with Gasteiger partial charge in [-0.1, -0.05) is 12.1 Å². The molecule has 0 aromatic heterocycles. The number of carbonyl (C=O) groups is 1. The van der Waals surface area contributed by atoms with E-state index < -0.39 is 17.8 Å². The Labute approximate surface area is 133 Å². The summed E-state index contributed by atoms with van der Waals surface area (Å²) in [6.07, 6.45) is -1.46. The molecular weight excluding hydrogens is 305 g/mol. The first-order valence-electron chi connectivity index (χ1n) is 8.00. The van der Waals surface area contributed by atoms with Gasteiger partial charge in [0, 0.05) is 5.92 Å². The number of piperidine rings is 1. The van der Waals surface area contributed by atoms with Crippen molar-refractivity contribution in [1.29, 1.82) is 0 Å². The van der Waals surface area contributed by atoms with Crippen LogP contribution >= 0.6 is 0 Å². The fraction of sp³-hybridized carbons (Fsp3) is 0.588. The first-order chi connectivity index (χ1) is 10.8. The SMILES string of the molecule is CC(NC(=O)C1CC12CCNCC2)c1cccc(C(F)(F)F)c1. The van der Waals surface area contributed by atoms with Crippen LogP contribution < -0.4 is 10.6 Å². The van der Waals surface area contributed by atoms with E-state index in [1.165, 1.54) is 6.07 Å². The maximum atomic E-state index is 12.8. The quantitative estimate of drug-likeness (QED) is 0.895. The molecule has 2 unspecified atom stereocenters. The van der Waals surface area contributed by atoms with Crippen LogP contribution in [0.15, 0.2) is 24.3 Å². The zero-order chi connectivity index (χ0) is 16.7. The largest absolute Gasteiger partial charge is 0.416 e. The average molecular weight is 326 g/mol. The lowest BCUT2D eigenvalue weighted by molar-refractivity contribution is -0.137. The lowest BCUT2D eigenvalue weighted by atomic mass is 9.91. The Morgan fingerprint density at radius 3 is 2.70 bits per heavy atom. The van der Waals surface area contributed by atoms with Gasteiger partial charge in [-0.3, -0.25) is 4.79 Å². The third kappa shape index (κ3) is 3.37. The van der Waals surface area contributed by atoms with Gasteiger partial charge in [-0.25, -0.2) is 0 Å². The summed E-state index contributed by atoms with van der Waals surface area (Å²) in [5.41, 5.74) is -0.0754. The highest BCUT2D eigenvalue weighted by Gasteiger charge is 2.57. The van der Waals surface area contributed by atoms with Crippen molar-refractivity contribution in [2.24, 2.45) is 11.3 Å². The molecule has 0 bridgehead atoms. The van der Waals surface area contributed by atoms with Gasteiger partial charge in [0.25, 0.3) is 0 Å². The molecule has 1 saturated heterocycles. The molecule has 2 N–H and O–H groups in total. The smallest absolute Gasteiger partial charge is 0.349 e. The molecule has 1 saturated carbocycles. The average Bonchev–Trinajstić information content (AvgIpc) is 3.20. The highest BCUT2D eigenvalue weighted by Crippen LogP contribution is 2.58. The van der Waals surface area contributed by atoms with E-state index in [9.17, 15) is 18.0 Å². The van der Waals surface area contributed by atoms with Gasteiger partial charge in [-0.2, -0.15) is 13.2 Å². The van der Waals surface area contributed by atoms with Gasteiger partial charge < -0.3 is 10.6 Å². The molecule has 0 radical (unpaired) electrons. The van der Waals surface area contributed by atoms with Crippen molar-refractivity contribution in [3.05, 3.63) is 35.4 Å². The maximum Gasteiger partial charge on any atom is 0.416 e. The molecular formula is C17H21F3N2O. The van der Waals surface area contributed by atoms with Crippen LogP contribution in [0.1, 0.15) is 43.4 Å². The van der Waals surface area contributed by atoms with E-state index >= 15 is 0 Å². The van der Waals surface area contributed by atoms with E-state index in [1.54, 1.807) is 13.0 Å². The molecule has 3 rings (SSSR count). The van der Waals surface area contributed by atoms with E-state index in [4.69, 9.17) is 0 Å². The van der Waals surface area contributed by atoms with Crippen LogP contribution in [0.4, 0.5) is 13.2 Å². The zero-order valence-electron chi connectivity index (χ0n) is 13.0. The van der Waals surface area contributed by atoms with Gasteiger partial charge in [-0.15, -0.1) is 0 Å². The minimum atomic E-state index is -4.37. The molecule has 2 fully saturated rings. The first kappa shape index (κ1) is 16.3. The van der Waals surface area contributed by atoms with Gasteiger partial charge in [0.05, 0.1) is 11.6 Å². The van der Waals surface area contributed by atoms with Crippen LogP contribution in [-0.4, -0.2) is 19.0 Å². The summed E-state index contributed by atoms with van der Waals surface area (Å²) in [5.74, 6) is -0.0188. The Morgan fingerprint density at radius 1 is 1.35 bits per heavy atom. The standard InChI is InChI=1S/C17H21F3N2O/c1-11(12-3-2-4-13(9-12)17(18,19)20)22-15(23)14-10-16(14)5-7-21-8-6-16/h2-4,9,11,14,21H,5-8,10H2,1H3,(H,22,23). The lowest BCUT2D eigenvalue weighted by Crippen LogP contribution is -2.34. The molecule has 23 heavy (non-hydrogen) atoms. The number of carbonyl (C=O) groups excluding carboxylic acids is 1. The van der Waals surface area contributed by atoms with Crippen molar-refractivity contribution in [1.82, 2.24) is 10.6 Å². The van der Waals surface area contributed by atoms with Crippen molar-refractivity contribution in [3.63, 3.8) is 0 Å². The van der Waals surface area contributed by atoms with Crippen molar-refractivity contribution in [3.8, 4) is 0 Å². The molecule has 1 aromatic carbocycles. The van der Waals surface area contributed by atoms with Gasteiger partial charge in [0.15, 0.2) is 0 Å². The van der Waals surface area contributed by atoms with Crippen LogP contribution in [0.2, 0.25) is 0 Å². The molecule has 2 atom stereocenters. The summed E-state index contributed by atoms with van der Waals surface area (Å²) in [7, 11) is 0. The second-order valence-electron chi connectivity index (χ2n) is 6.72. The maximum absolute atomic E-state index is 12.8. The molecule has 6 heteroatoms. The Balaban J connectivity index is 1.63. The molecule has 126 valence electrons. The summed E-state index contributed by atoms with van der Waals surface area (Å²) in [4.78, 5) is 12.4. The topological polar surface area (TPSA) is 41.1 Å². The molecule has 1 aromatic rings. The summed E-state index contributed by atoms with van der Waals surface area (Å²) >= 11 is 0. The predicted octanol–water partition coefficient (Wildman–Crippen LogP) is 3.27. The Morgan fingerprint density at radius 2 is 2.04 bits per heavy atom. The molecule has 1 aliphatic heterocycles. The third-order valence-electron chi connectivity index (χ3n) is 5.18. The van der Waals surface area contributed by atoms with Gasteiger partial charge in [0.2, 0.25) is 5.91 Å². The van der Waals surface area contributed by atoms with Crippen molar-refractivity contribution >= 4 is 5.91 Å². The van der Waals surface area contributed by atoms with E-state index in [1.807, 2.05) is 0 Å². The normalized spacial score (nSPS) is 24.3.